The summed E-state index contributed by atoms with van der Waals surface area (Å²) in [6.07, 6.45) is -3.84. The first-order valence-electron chi connectivity index (χ1n) is 14.7. The molecule has 0 aliphatic carbocycles. The van der Waals surface area contributed by atoms with Crippen LogP contribution in [0.1, 0.15) is 34.6 Å². The number of halogens is 4. The van der Waals surface area contributed by atoms with Gasteiger partial charge in [0, 0.05) is 56.1 Å². The van der Waals surface area contributed by atoms with Crippen LogP contribution < -0.4 is 9.64 Å². The topological polar surface area (TPSA) is 15.7 Å². The lowest BCUT2D eigenvalue weighted by Gasteiger charge is -2.29. The maximum absolute atomic E-state index is 13.7. The van der Waals surface area contributed by atoms with E-state index in [0.29, 0.717) is 31.7 Å². The van der Waals surface area contributed by atoms with E-state index in [2.05, 4.69) is 52.3 Å². The van der Waals surface area contributed by atoms with Gasteiger partial charge in [0.2, 0.25) is 0 Å². The molecule has 5 rings (SSSR count). The van der Waals surface area contributed by atoms with Crippen LogP contribution in [0.4, 0.5) is 18.9 Å². The number of nitrogens with zero attached hydrogens (tertiary/aromatic N) is 2. The zero-order chi connectivity index (χ0) is 31.1. The molecule has 0 heterocycles. The summed E-state index contributed by atoms with van der Waals surface area (Å²) in [7, 11) is 4.04. The molecule has 0 aliphatic heterocycles. The van der Waals surface area contributed by atoms with Gasteiger partial charge >= 0.3 is 6.18 Å². The molecule has 0 fully saturated rings. The molecule has 3 nitrogen and oxygen atoms in total. The molecular weight excluding hydrogens is 581 g/mol. The molecule has 0 atom stereocenters. The highest BCUT2D eigenvalue weighted by molar-refractivity contribution is 6.32. The van der Waals surface area contributed by atoms with Crippen molar-refractivity contribution in [1.82, 2.24) is 4.90 Å². The largest absolute Gasteiger partial charge is 0.493 e. The minimum Gasteiger partial charge on any atom is -0.493 e. The van der Waals surface area contributed by atoms with E-state index >= 15 is 0 Å². The van der Waals surface area contributed by atoms with Crippen LogP contribution >= 0.6 is 11.6 Å². The quantitative estimate of drug-likeness (QED) is 0.130. The Hall–Kier alpha value is -4.00. The molecular formula is C37H36ClF3N2O. The molecule has 0 aromatic heterocycles. The molecule has 0 amide bonds. The molecule has 5 aromatic carbocycles. The maximum atomic E-state index is 13.7. The number of alkyl halides is 3. The third-order valence-corrected chi connectivity index (χ3v) is 8.29. The summed E-state index contributed by atoms with van der Waals surface area (Å²) in [5, 5.41) is 1.91. The van der Waals surface area contributed by atoms with E-state index in [4.69, 9.17) is 16.3 Å². The first-order chi connectivity index (χ1) is 21.2. The second kappa shape index (κ2) is 14.2. The molecule has 0 bridgehead atoms. The Balaban J connectivity index is 1.39. The van der Waals surface area contributed by atoms with Gasteiger partial charge in [0.1, 0.15) is 5.75 Å². The SMILES string of the molecule is CN(C)c1cccc2c(OCCCN(Cc3cccc(C(F)(F)F)c3Cl)CC(c3ccccc3)c3ccccc3)cccc12. The molecule has 44 heavy (non-hydrogen) atoms. The summed E-state index contributed by atoms with van der Waals surface area (Å²) < 4.78 is 47.4. The van der Waals surface area contributed by atoms with Crippen LogP contribution in [0.3, 0.4) is 0 Å². The van der Waals surface area contributed by atoms with Gasteiger partial charge in [-0.2, -0.15) is 13.2 Å². The predicted octanol–water partition coefficient (Wildman–Crippen LogP) is 9.68. The van der Waals surface area contributed by atoms with E-state index in [-0.39, 0.29) is 17.5 Å². The molecule has 0 saturated heterocycles. The summed E-state index contributed by atoms with van der Waals surface area (Å²) in [5.74, 6) is 0.829. The van der Waals surface area contributed by atoms with Crippen LogP contribution in [0.2, 0.25) is 5.02 Å². The number of hydrogen-bond donors (Lipinski definition) is 0. The van der Waals surface area contributed by atoms with Crippen molar-refractivity contribution in [3.05, 3.63) is 143 Å². The molecule has 0 aliphatic rings. The Bertz CT molecular complexity index is 1620. The lowest BCUT2D eigenvalue weighted by molar-refractivity contribution is -0.137. The number of fused-ring (bicyclic) bond motifs is 1. The van der Waals surface area contributed by atoms with Crippen LogP contribution in [-0.4, -0.2) is 38.7 Å². The standard InChI is InChI=1S/C37H36ClF3N2O/c1-42(2)34-21-10-19-31-30(34)18-11-22-35(31)44-24-12-23-43(25-29-17-9-20-33(36(29)38)37(39,40)41)26-32(27-13-5-3-6-14-27)28-15-7-4-8-16-28/h3-11,13-22,32H,12,23-26H2,1-2H3. The molecule has 0 saturated carbocycles. The van der Waals surface area contributed by atoms with Gasteiger partial charge in [-0.25, -0.2) is 0 Å². The Labute approximate surface area is 262 Å². The van der Waals surface area contributed by atoms with Crippen molar-refractivity contribution in [2.45, 2.75) is 25.1 Å². The summed E-state index contributed by atoms with van der Waals surface area (Å²) in [4.78, 5) is 4.27. The Kier molecular flexibility index (Phi) is 10.1. The first-order valence-corrected chi connectivity index (χ1v) is 15.1. The van der Waals surface area contributed by atoms with Crippen molar-refractivity contribution >= 4 is 28.1 Å². The Morgan fingerprint density at radius 2 is 1.34 bits per heavy atom. The third-order valence-electron chi connectivity index (χ3n) is 7.84. The molecule has 228 valence electrons. The van der Waals surface area contributed by atoms with Gasteiger partial charge in [0.15, 0.2) is 0 Å². The van der Waals surface area contributed by atoms with Crippen LogP contribution in [-0.2, 0) is 12.7 Å². The second-order valence-corrected chi connectivity index (χ2v) is 11.5. The van der Waals surface area contributed by atoms with Gasteiger partial charge in [-0.15, -0.1) is 0 Å². The lowest BCUT2D eigenvalue weighted by atomic mass is 9.90. The van der Waals surface area contributed by atoms with Gasteiger partial charge in [0.05, 0.1) is 17.2 Å². The first kappa shape index (κ1) is 31.4. The van der Waals surface area contributed by atoms with Crippen molar-refractivity contribution in [3.8, 4) is 5.75 Å². The van der Waals surface area contributed by atoms with E-state index in [1.807, 2.05) is 68.7 Å². The fraction of sp³-hybridized carbons (Fsp3) is 0.243. The normalized spacial score (nSPS) is 11.8. The highest BCUT2D eigenvalue weighted by Crippen LogP contribution is 2.37. The van der Waals surface area contributed by atoms with Gasteiger partial charge in [-0.1, -0.05) is 109 Å². The molecule has 7 heteroatoms. The molecule has 0 N–H and O–H groups in total. The monoisotopic (exact) mass is 616 g/mol. The number of hydrogen-bond acceptors (Lipinski definition) is 3. The van der Waals surface area contributed by atoms with Gasteiger partial charge in [-0.05, 0) is 41.3 Å². The number of benzene rings is 5. The van der Waals surface area contributed by atoms with Crippen LogP contribution in [0, 0.1) is 0 Å². The zero-order valence-electron chi connectivity index (χ0n) is 24.9. The van der Waals surface area contributed by atoms with Gasteiger partial charge in [0.25, 0.3) is 0 Å². The molecule has 0 unspecified atom stereocenters. The number of ether oxygens (including phenoxy) is 1. The average Bonchev–Trinajstić information content (AvgIpc) is 3.02. The van der Waals surface area contributed by atoms with Crippen LogP contribution in [0.25, 0.3) is 10.8 Å². The van der Waals surface area contributed by atoms with Gasteiger partial charge in [-0.3, -0.25) is 4.90 Å². The third kappa shape index (κ3) is 7.55. The average molecular weight is 617 g/mol. The minimum absolute atomic E-state index is 0.0189. The summed E-state index contributed by atoms with van der Waals surface area (Å²) in [6, 6.07) is 36.8. The van der Waals surface area contributed by atoms with Gasteiger partial charge < -0.3 is 9.64 Å². The maximum Gasteiger partial charge on any atom is 0.417 e. The smallest absolute Gasteiger partial charge is 0.417 e. The Morgan fingerprint density at radius 3 is 1.98 bits per heavy atom. The summed E-state index contributed by atoms with van der Waals surface area (Å²) in [6.45, 7) is 1.94. The zero-order valence-corrected chi connectivity index (χ0v) is 25.7. The molecule has 5 aromatic rings. The summed E-state index contributed by atoms with van der Waals surface area (Å²) >= 11 is 6.37. The van der Waals surface area contributed by atoms with Crippen molar-refractivity contribution in [3.63, 3.8) is 0 Å². The highest BCUT2D eigenvalue weighted by atomic mass is 35.5. The number of anilines is 1. The van der Waals surface area contributed by atoms with E-state index in [1.165, 1.54) is 6.07 Å². The molecule has 0 spiro atoms. The molecule has 0 radical (unpaired) electrons. The van der Waals surface area contributed by atoms with Crippen LogP contribution in [0.5, 0.6) is 5.75 Å². The van der Waals surface area contributed by atoms with Crippen molar-refractivity contribution in [1.29, 1.82) is 0 Å². The van der Waals surface area contributed by atoms with Crippen molar-refractivity contribution in [2.24, 2.45) is 0 Å². The number of rotatable bonds is 12. The highest BCUT2D eigenvalue weighted by Gasteiger charge is 2.34. The van der Waals surface area contributed by atoms with E-state index in [0.717, 1.165) is 39.4 Å². The fourth-order valence-electron chi connectivity index (χ4n) is 5.68. The minimum atomic E-state index is -4.52. The van der Waals surface area contributed by atoms with E-state index in [1.54, 1.807) is 6.07 Å². The van der Waals surface area contributed by atoms with E-state index in [9.17, 15) is 13.2 Å². The van der Waals surface area contributed by atoms with Crippen LogP contribution in [0.15, 0.2) is 115 Å². The summed E-state index contributed by atoms with van der Waals surface area (Å²) in [5.41, 5.74) is 3.04. The predicted molar refractivity (Wildman–Crippen MR) is 175 cm³/mol. The Morgan fingerprint density at radius 1 is 0.727 bits per heavy atom. The second-order valence-electron chi connectivity index (χ2n) is 11.1. The fourth-order valence-corrected chi connectivity index (χ4v) is 5.97. The lowest BCUT2D eigenvalue weighted by Crippen LogP contribution is -2.31. The van der Waals surface area contributed by atoms with Crippen molar-refractivity contribution in [2.75, 3.05) is 38.7 Å². The van der Waals surface area contributed by atoms with E-state index < -0.39 is 11.7 Å². The van der Waals surface area contributed by atoms with Crippen molar-refractivity contribution < 1.29 is 17.9 Å².